The minimum atomic E-state index is 0.504. The highest BCUT2D eigenvalue weighted by atomic mass is 16.5. The molecule has 2 aliphatic rings. The highest BCUT2D eigenvalue weighted by Crippen LogP contribution is 2.22. The third-order valence-corrected chi connectivity index (χ3v) is 5.86. The second kappa shape index (κ2) is 11.4. The van der Waals surface area contributed by atoms with Crippen LogP contribution in [0.2, 0.25) is 0 Å². The molecule has 0 bridgehead atoms. The average molecular weight is 403 g/mol. The van der Waals surface area contributed by atoms with Crippen LogP contribution in [0.5, 0.6) is 5.75 Å². The molecule has 2 saturated heterocycles. The second-order valence-corrected chi connectivity index (χ2v) is 8.41. The Morgan fingerprint density at radius 3 is 2.93 bits per heavy atom. The van der Waals surface area contributed by atoms with E-state index in [1.54, 1.807) is 0 Å². The van der Waals surface area contributed by atoms with Crippen LogP contribution in [0.15, 0.2) is 23.2 Å². The minimum Gasteiger partial charge on any atom is -0.493 e. The summed E-state index contributed by atoms with van der Waals surface area (Å²) < 4.78 is 11.6. The van der Waals surface area contributed by atoms with E-state index in [0.717, 1.165) is 50.1 Å². The summed E-state index contributed by atoms with van der Waals surface area (Å²) in [5, 5.41) is 6.96. The summed E-state index contributed by atoms with van der Waals surface area (Å²) in [6.45, 7) is 12.0. The predicted molar refractivity (Wildman–Crippen MR) is 119 cm³/mol. The first-order valence-corrected chi connectivity index (χ1v) is 11.1. The zero-order valence-corrected chi connectivity index (χ0v) is 18.4. The van der Waals surface area contributed by atoms with E-state index < -0.39 is 0 Å². The Labute approximate surface area is 176 Å². The summed E-state index contributed by atoms with van der Waals surface area (Å²) in [5.41, 5.74) is 2.37. The molecule has 2 heterocycles. The van der Waals surface area contributed by atoms with E-state index in [9.17, 15) is 0 Å². The monoisotopic (exact) mass is 402 g/mol. The fraction of sp³-hybridized carbons (Fsp3) is 0.696. The number of likely N-dealkylation sites (tertiary alicyclic amines) is 1. The van der Waals surface area contributed by atoms with Crippen LogP contribution in [-0.4, -0.2) is 63.9 Å². The van der Waals surface area contributed by atoms with Crippen LogP contribution < -0.4 is 15.4 Å². The number of hydrogen-bond donors (Lipinski definition) is 2. The van der Waals surface area contributed by atoms with Crippen molar-refractivity contribution in [2.75, 3.05) is 53.0 Å². The molecule has 3 rings (SSSR count). The Kier molecular flexibility index (Phi) is 8.62. The minimum absolute atomic E-state index is 0.504. The van der Waals surface area contributed by atoms with Crippen molar-refractivity contribution in [2.45, 2.75) is 39.7 Å². The van der Waals surface area contributed by atoms with E-state index in [1.807, 2.05) is 7.05 Å². The molecule has 6 heteroatoms. The maximum Gasteiger partial charge on any atom is 0.191 e. The van der Waals surface area contributed by atoms with Gasteiger partial charge in [0, 0.05) is 44.8 Å². The molecule has 0 amide bonds. The SMILES string of the molecule is CCCN1CCC(CNC(=NC)NCc2ccc(C)cc2OCC2CCOC2)C1. The molecule has 2 N–H and O–H groups in total. The molecule has 0 saturated carbocycles. The van der Waals surface area contributed by atoms with Crippen LogP contribution in [0.1, 0.15) is 37.3 Å². The van der Waals surface area contributed by atoms with Gasteiger partial charge in [-0.1, -0.05) is 19.1 Å². The standard InChI is InChI=1S/C23H38N4O2/c1-4-9-27-10-7-19(15-27)13-25-23(24-3)26-14-21-6-5-18(2)12-22(21)29-17-20-8-11-28-16-20/h5-6,12,19-20H,4,7-11,13-17H2,1-3H3,(H2,24,25,26). The van der Waals surface area contributed by atoms with Crippen LogP contribution in [-0.2, 0) is 11.3 Å². The lowest BCUT2D eigenvalue weighted by atomic mass is 10.1. The molecular weight excluding hydrogens is 364 g/mol. The molecule has 1 aromatic carbocycles. The smallest absolute Gasteiger partial charge is 0.191 e. The number of guanidine groups is 1. The van der Waals surface area contributed by atoms with Gasteiger partial charge in [0.2, 0.25) is 0 Å². The van der Waals surface area contributed by atoms with Crippen LogP contribution in [0.3, 0.4) is 0 Å². The van der Waals surface area contributed by atoms with Gasteiger partial charge < -0.3 is 25.0 Å². The number of aliphatic imine (C=N–C) groups is 1. The summed E-state index contributed by atoms with van der Waals surface area (Å²) in [4.78, 5) is 6.96. The van der Waals surface area contributed by atoms with Gasteiger partial charge in [0.25, 0.3) is 0 Å². The van der Waals surface area contributed by atoms with E-state index in [1.165, 1.54) is 38.0 Å². The maximum absolute atomic E-state index is 6.16. The number of rotatable bonds is 9. The van der Waals surface area contributed by atoms with E-state index in [-0.39, 0.29) is 0 Å². The van der Waals surface area contributed by atoms with Crippen LogP contribution in [0, 0.1) is 18.8 Å². The normalized spacial score (nSPS) is 22.8. The van der Waals surface area contributed by atoms with Gasteiger partial charge in [0.05, 0.1) is 13.2 Å². The van der Waals surface area contributed by atoms with Crippen LogP contribution in [0.4, 0.5) is 0 Å². The molecule has 2 aliphatic heterocycles. The number of aryl methyl sites for hydroxylation is 1. The zero-order chi connectivity index (χ0) is 20.5. The number of nitrogens with one attached hydrogen (secondary N) is 2. The highest BCUT2D eigenvalue weighted by molar-refractivity contribution is 5.79. The predicted octanol–water partition coefficient (Wildman–Crippen LogP) is 2.81. The molecule has 162 valence electrons. The first kappa shape index (κ1) is 21.9. The lowest BCUT2D eigenvalue weighted by Gasteiger charge is -2.18. The topological polar surface area (TPSA) is 58.1 Å². The maximum atomic E-state index is 6.16. The van der Waals surface area contributed by atoms with Crippen molar-refractivity contribution in [3.05, 3.63) is 29.3 Å². The van der Waals surface area contributed by atoms with E-state index in [2.05, 4.69) is 52.6 Å². The molecule has 0 aliphatic carbocycles. The Balaban J connectivity index is 1.47. The molecule has 1 aromatic rings. The van der Waals surface area contributed by atoms with Crippen molar-refractivity contribution in [3.63, 3.8) is 0 Å². The first-order valence-electron chi connectivity index (χ1n) is 11.1. The Hall–Kier alpha value is -1.79. The first-order chi connectivity index (χ1) is 14.2. The van der Waals surface area contributed by atoms with Gasteiger partial charge in [-0.05, 0) is 56.8 Å². The second-order valence-electron chi connectivity index (χ2n) is 8.41. The number of benzene rings is 1. The van der Waals surface area contributed by atoms with Crippen molar-refractivity contribution in [3.8, 4) is 5.75 Å². The van der Waals surface area contributed by atoms with Gasteiger partial charge in [0.1, 0.15) is 5.75 Å². The molecule has 6 nitrogen and oxygen atoms in total. The number of nitrogens with zero attached hydrogens (tertiary/aromatic N) is 2. The molecule has 29 heavy (non-hydrogen) atoms. The van der Waals surface area contributed by atoms with Gasteiger partial charge in [-0.25, -0.2) is 0 Å². The number of hydrogen-bond acceptors (Lipinski definition) is 4. The molecular formula is C23H38N4O2. The molecule has 2 fully saturated rings. The Bertz CT molecular complexity index is 658. The van der Waals surface area contributed by atoms with Crippen LogP contribution >= 0.6 is 0 Å². The van der Waals surface area contributed by atoms with Crippen molar-refractivity contribution < 1.29 is 9.47 Å². The summed E-state index contributed by atoms with van der Waals surface area (Å²) >= 11 is 0. The van der Waals surface area contributed by atoms with Gasteiger partial charge in [-0.3, -0.25) is 4.99 Å². The van der Waals surface area contributed by atoms with Gasteiger partial charge in [0.15, 0.2) is 5.96 Å². The molecule has 0 aromatic heterocycles. The molecule has 2 atom stereocenters. The van der Waals surface area contributed by atoms with Gasteiger partial charge in [-0.2, -0.15) is 0 Å². The lowest BCUT2D eigenvalue weighted by molar-refractivity contribution is 0.166. The average Bonchev–Trinajstić information content (AvgIpc) is 3.40. The Morgan fingerprint density at radius 1 is 1.28 bits per heavy atom. The van der Waals surface area contributed by atoms with E-state index in [0.29, 0.717) is 18.4 Å². The molecule has 2 unspecified atom stereocenters. The number of ether oxygens (including phenoxy) is 2. The Morgan fingerprint density at radius 2 is 2.17 bits per heavy atom. The molecule has 0 radical (unpaired) electrons. The third-order valence-electron chi connectivity index (χ3n) is 5.86. The summed E-state index contributed by atoms with van der Waals surface area (Å²) in [6.07, 6.45) is 3.59. The summed E-state index contributed by atoms with van der Waals surface area (Å²) in [5.74, 6) is 3.02. The molecule has 0 spiro atoms. The van der Waals surface area contributed by atoms with E-state index >= 15 is 0 Å². The van der Waals surface area contributed by atoms with Gasteiger partial charge in [-0.15, -0.1) is 0 Å². The fourth-order valence-corrected chi connectivity index (χ4v) is 4.10. The van der Waals surface area contributed by atoms with Crippen molar-refractivity contribution in [1.82, 2.24) is 15.5 Å². The van der Waals surface area contributed by atoms with Crippen molar-refractivity contribution in [2.24, 2.45) is 16.8 Å². The zero-order valence-electron chi connectivity index (χ0n) is 18.4. The summed E-state index contributed by atoms with van der Waals surface area (Å²) in [7, 11) is 1.83. The highest BCUT2D eigenvalue weighted by Gasteiger charge is 2.21. The largest absolute Gasteiger partial charge is 0.493 e. The fourth-order valence-electron chi connectivity index (χ4n) is 4.10. The van der Waals surface area contributed by atoms with Crippen LogP contribution in [0.25, 0.3) is 0 Å². The van der Waals surface area contributed by atoms with E-state index in [4.69, 9.17) is 9.47 Å². The van der Waals surface area contributed by atoms with Crippen molar-refractivity contribution >= 4 is 5.96 Å². The quantitative estimate of drug-likeness (QED) is 0.491. The lowest BCUT2D eigenvalue weighted by Crippen LogP contribution is -2.40. The summed E-state index contributed by atoms with van der Waals surface area (Å²) in [6, 6.07) is 6.42. The third kappa shape index (κ3) is 6.89. The van der Waals surface area contributed by atoms with Crippen molar-refractivity contribution in [1.29, 1.82) is 0 Å². The van der Waals surface area contributed by atoms with Gasteiger partial charge >= 0.3 is 0 Å².